The number of piperidine rings is 1. The van der Waals surface area contributed by atoms with Crippen molar-refractivity contribution < 1.29 is 4.92 Å². The molecule has 104 valence electrons. The van der Waals surface area contributed by atoms with E-state index >= 15 is 0 Å². The average molecular weight is 274 g/mol. The van der Waals surface area contributed by atoms with E-state index in [-0.39, 0.29) is 5.69 Å². The van der Waals surface area contributed by atoms with Gasteiger partial charge in [0.15, 0.2) is 0 Å². The summed E-state index contributed by atoms with van der Waals surface area (Å²) in [6.07, 6.45) is 4.90. The maximum Gasteiger partial charge on any atom is 0.287 e. The van der Waals surface area contributed by atoms with Crippen LogP contribution in [0, 0.1) is 10.1 Å². The molecule has 2 aromatic rings. The van der Waals surface area contributed by atoms with E-state index in [1.807, 2.05) is 0 Å². The highest BCUT2D eigenvalue weighted by molar-refractivity contribution is 5.43. The van der Waals surface area contributed by atoms with Crippen LogP contribution in [0.2, 0.25) is 0 Å². The zero-order valence-corrected chi connectivity index (χ0v) is 10.8. The number of hydrogen-bond donors (Lipinski definition) is 1. The van der Waals surface area contributed by atoms with Crippen molar-refractivity contribution in [1.29, 1.82) is 0 Å². The molecule has 3 heterocycles. The predicted molar refractivity (Wildman–Crippen MR) is 71.5 cm³/mol. The lowest BCUT2D eigenvalue weighted by atomic mass is 9.97. The SMILES string of the molecule is O=[N+]([O-])c1ccc(N2CCC[C@@H](c3ncn[nH]3)C2)nc1. The fraction of sp³-hybridized carbons (Fsp3) is 0.417. The van der Waals surface area contributed by atoms with Crippen LogP contribution in [0.25, 0.3) is 0 Å². The average Bonchev–Trinajstić information content (AvgIpc) is 3.02. The van der Waals surface area contributed by atoms with Crippen molar-refractivity contribution in [2.45, 2.75) is 18.8 Å². The number of hydrogen-bond acceptors (Lipinski definition) is 6. The molecule has 1 aliphatic rings. The lowest BCUT2D eigenvalue weighted by Crippen LogP contribution is -2.35. The molecule has 0 bridgehead atoms. The molecule has 2 aromatic heterocycles. The molecule has 0 saturated carbocycles. The molecular weight excluding hydrogens is 260 g/mol. The summed E-state index contributed by atoms with van der Waals surface area (Å²) in [5.41, 5.74) is 0.0116. The topological polar surface area (TPSA) is 101 Å². The summed E-state index contributed by atoms with van der Waals surface area (Å²) in [6, 6.07) is 3.18. The minimum atomic E-state index is -0.440. The minimum absolute atomic E-state index is 0.0116. The summed E-state index contributed by atoms with van der Waals surface area (Å²) in [5, 5.41) is 17.4. The van der Waals surface area contributed by atoms with Gasteiger partial charge in [0.2, 0.25) is 0 Å². The van der Waals surface area contributed by atoms with Crippen LogP contribution in [0.5, 0.6) is 0 Å². The third kappa shape index (κ3) is 2.44. The van der Waals surface area contributed by atoms with Crippen molar-refractivity contribution in [3.05, 3.63) is 40.6 Å². The van der Waals surface area contributed by atoms with Crippen LogP contribution in [-0.2, 0) is 0 Å². The molecule has 0 unspecified atom stereocenters. The second-order valence-corrected chi connectivity index (χ2v) is 4.79. The third-order valence-corrected chi connectivity index (χ3v) is 3.51. The summed E-state index contributed by atoms with van der Waals surface area (Å²) in [5.74, 6) is 1.94. The van der Waals surface area contributed by atoms with Crippen molar-refractivity contribution in [2.75, 3.05) is 18.0 Å². The number of nitrogens with zero attached hydrogens (tertiary/aromatic N) is 5. The highest BCUT2D eigenvalue weighted by Gasteiger charge is 2.24. The van der Waals surface area contributed by atoms with E-state index in [1.165, 1.54) is 18.6 Å². The monoisotopic (exact) mass is 274 g/mol. The Morgan fingerprint density at radius 3 is 2.95 bits per heavy atom. The van der Waals surface area contributed by atoms with E-state index in [9.17, 15) is 10.1 Å². The minimum Gasteiger partial charge on any atom is -0.356 e. The van der Waals surface area contributed by atoms with Gasteiger partial charge in [0.1, 0.15) is 24.2 Å². The predicted octanol–water partition coefficient (Wildman–Crippen LogP) is 1.49. The van der Waals surface area contributed by atoms with E-state index in [1.54, 1.807) is 6.07 Å². The molecule has 8 heteroatoms. The lowest BCUT2D eigenvalue weighted by molar-refractivity contribution is -0.385. The van der Waals surface area contributed by atoms with Crippen LogP contribution in [0.4, 0.5) is 11.5 Å². The summed E-state index contributed by atoms with van der Waals surface area (Å²) < 4.78 is 0. The Kier molecular flexibility index (Phi) is 3.28. The van der Waals surface area contributed by atoms with Crippen molar-refractivity contribution in [1.82, 2.24) is 20.2 Å². The van der Waals surface area contributed by atoms with Gasteiger partial charge in [-0.05, 0) is 18.9 Å². The molecule has 3 rings (SSSR count). The van der Waals surface area contributed by atoms with Gasteiger partial charge >= 0.3 is 0 Å². The normalized spacial score (nSPS) is 19.0. The van der Waals surface area contributed by atoms with Gasteiger partial charge in [-0.1, -0.05) is 0 Å². The van der Waals surface area contributed by atoms with Gasteiger partial charge < -0.3 is 4.90 Å². The molecular formula is C12H14N6O2. The fourth-order valence-electron chi connectivity index (χ4n) is 2.49. The molecule has 1 N–H and O–H groups in total. The van der Waals surface area contributed by atoms with Crippen LogP contribution in [0.3, 0.4) is 0 Å². The molecule has 1 atom stereocenters. The number of aromatic nitrogens is 4. The Bertz CT molecular complexity index is 583. The van der Waals surface area contributed by atoms with Crippen molar-refractivity contribution in [3.8, 4) is 0 Å². The second kappa shape index (κ2) is 5.24. The smallest absolute Gasteiger partial charge is 0.287 e. The van der Waals surface area contributed by atoms with Gasteiger partial charge in [0.05, 0.1) is 4.92 Å². The summed E-state index contributed by atoms with van der Waals surface area (Å²) in [7, 11) is 0. The quantitative estimate of drug-likeness (QED) is 0.672. The number of rotatable bonds is 3. The number of H-pyrrole nitrogens is 1. The van der Waals surface area contributed by atoms with Crippen molar-refractivity contribution >= 4 is 11.5 Å². The van der Waals surface area contributed by atoms with E-state index in [0.717, 1.165) is 37.6 Å². The molecule has 1 fully saturated rings. The Morgan fingerprint density at radius 2 is 2.30 bits per heavy atom. The van der Waals surface area contributed by atoms with Crippen LogP contribution >= 0.6 is 0 Å². The summed E-state index contributed by atoms with van der Waals surface area (Å²) in [4.78, 5) is 20.7. The highest BCUT2D eigenvalue weighted by Crippen LogP contribution is 2.27. The number of anilines is 1. The molecule has 0 spiro atoms. The largest absolute Gasteiger partial charge is 0.356 e. The molecule has 20 heavy (non-hydrogen) atoms. The molecule has 0 radical (unpaired) electrons. The zero-order chi connectivity index (χ0) is 13.9. The first-order valence-corrected chi connectivity index (χ1v) is 6.44. The van der Waals surface area contributed by atoms with Crippen LogP contribution in [-0.4, -0.2) is 38.2 Å². The van der Waals surface area contributed by atoms with Gasteiger partial charge in [0.25, 0.3) is 5.69 Å². The Balaban J connectivity index is 1.75. The molecule has 8 nitrogen and oxygen atoms in total. The number of nitrogens with one attached hydrogen (secondary N) is 1. The van der Waals surface area contributed by atoms with Crippen molar-refractivity contribution in [3.63, 3.8) is 0 Å². The van der Waals surface area contributed by atoms with Gasteiger partial charge in [-0.15, -0.1) is 0 Å². The third-order valence-electron chi connectivity index (χ3n) is 3.51. The maximum atomic E-state index is 10.6. The van der Waals surface area contributed by atoms with Gasteiger partial charge in [-0.3, -0.25) is 15.2 Å². The number of aromatic amines is 1. The first kappa shape index (κ1) is 12.5. The standard InChI is InChI=1S/C12H14N6O2/c19-18(20)10-3-4-11(13-6-10)17-5-1-2-9(7-17)12-14-8-15-16-12/h3-4,6,8-9H,1-2,5,7H2,(H,14,15,16)/t9-/m1/s1. The second-order valence-electron chi connectivity index (χ2n) is 4.79. The highest BCUT2D eigenvalue weighted by atomic mass is 16.6. The maximum absolute atomic E-state index is 10.6. The van der Waals surface area contributed by atoms with E-state index in [4.69, 9.17) is 0 Å². The lowest BCUT2D eigenvalue weighted by Gasteiger charge is -2.32. The Hall–Kier alpha value is -2.51. The van der Waals surface area contributed by atoms with Gasteiger partial charge in [0, 0.05) is 25.1 Å². The van der Waals surface area contributed by atoms with Crippen LogP contribution in [0.15, 0.2) is 24.7 Å². The number of nitro groups is 1. The zero-order valence-electron chi connectivity index (χ0n) is 10.8. The van der Waals surface area contributed by atoms with Gasteiger partial charge in [-0.25, -0.2) is 9.97 Å². The summed E-state index contributed by atoms with van der Waals surface area (Å²) in [6.45, 7) is 1.69. The molecule has 1 saturated heterocycles. The molecule has 0 aromatic carbocycles. The van der Waals surface area contributed by atoms with E-state index in [2.05, 4.69) is 25.1 Å². The van der Waals surface area contributed by atoms with Crippen molar-refractivity contribution in [2.24, 2.45) is 0 Å². The van der Waals surface area contributed by atoms with Crippen LogP contribution < -0.4 is 4.90 Å². The van der Waals surface area contributed by atoms with E-state index in [0.29, 0.717) is 5.92 Å². The number of pyridine rings is 1. The first-order chi connectivity index (χ1) is 9.74. The Labute approximate surface area is 115 Å². The van der Waals surface area contributed by atoms with Crippen LogP contribution in [0.1, 0.15) is 24.6 Å². The molecule has 0 amide bonds. The first-order valence-electron chi connectivity index (χ1n) is 6.44. The Morgan fingerprint density at radius 1 is 1.40 bits per heavy atom. The van der Waals surface area contributed by atoms with E-state index < -0.39 is 4.92 Å². The van der Waals surface area contributed by atoms with Gasteiger partial charge in [-0.2, -0.15) is 5.10 Å². The molecule has 0 aliphatic carbocycles. The summed E-state index contributed by atoms with van der Waals surface area (Å²) >= 11 is 0. The molecule has 1 aliphatic heterocycles. The fourth-order valence-corrected chi connectivity index (χ4v) is 2.49.